The van der Waals surface area contributed by atoms with Crippen LogP contribution in [0.3, 0.4) is 0 Å². The molecule has 0 spiro atoms. The SMILES string of the molecule is O=C(NN=Cc1ccc(OCc2ccccc2)cc1)c1cncc(Br)c1. The number of carbonyl (C=O) groups excluding carboxylic acids is 1. The van der Waals surface area contributed by atoms with Crippen LogP contribution < -0.4 is 10.2 Å². The number of ether oxygens (including phenoxy) is 1. The zero-order chi connectivity index (χ0) is 18.2. The molecular weight excluding hydrogens is 394 g/mol. The maximum Gasteiger partial charge on any atom is 0.272 e. The van der Waals surface area contributed by atoms with Crippen molar-refractivity contribution in [1.82, 2.24) is 10.4 Å². The lowest BCUT2D eigenvalue weighted by Crippen LogP contribution is -2.17. The van der Waals surface area contributed by atoms with Crippen LogP contribution in [0, 0.1) is 0 Å². The van der Waals surface area contributed by atoms with E-state index in [4.69, 9.17) is 4.74 Å². The first-order valence-electron chi connectivity index (χ1n) is 7.91. The Kier molecular flexibility index (Phi) is 6.11. The van der Waals surface area contributed by atoms with Gasteiger partial charge in [0.1, 0.15) is 12.4 Å². The van der Waals surface area contributed by atoms with Gasteiger partial charge in [-0.2, -0.15) is 5.10 Å². The Morgan fingerprint density at radius 1 is 1.12 bits per heavy atom. The number of carbonyl (C=O) groups is 1. The van der Waals surface area contributed by atoms with E-state index >= 15 is 0 Å². The highest BCUT2D eigenvalue weighted by Gasteiger charge is 2.04. The molecule has 3 aromatic rings. The van der Waals surface area contributed by atoms with E-state index in [1.807, 2.05) is 54.6 Å². The molecule has 1 aromatic heterocycles. The van der Waals surface area contributed by atoms with Gasteiger partial charge in [0.05, 0.1) is 11.8 Å². The molecule has 1 heterocycles. The minimum absolute atomic E-state index is 0.321. The Hall–Kier alpha value is -2.99. The van der Waals surface area contributed by atoms with E-state index in [1.165, 1.54) is 6.20 Å². The van der Waals surface area contributed by atoms with Gasteiger partial charge in [0.15, 0.2) is 0 Å². The number of pyridine rings is 1. The topological polar surface area (TPSA) is 63.6 Å². The molecular formula is C20H16BrN3O2. The molecule has 2 aromatic carbocycles. The number of hydrogen-bond acceptors (Lipinski definition) is 4. The number of nitrogens with zero attached hydrogens (tertiary/aromatic N) is 2. The van der Waals surface area contributed by atoms with Crippen LogP contribution in [0.2, 0.25) is 0 Å². The smallest absolute Gasteiger partial charge is 0.272 e. The first-order chi connectivity index (χ1) is 12.7. The molecule has 0 aliphatic rings. The molecule has 0 aliphatic heterocycles. The van der Waals surface area contributed by atoms with E-state index in [0.29, 0.717) is 12.2 Å². The summed E-state index contributed by atoms with van der Waals surface area (Å²) in [6.07, 6.45) is 4.67. The number of hydrogen-bond donors (Lipinski definition) is 1. The first-order valence-corrected chi connectivity index (χ1v) is 8.71. The maximum absolute atomic E-state index is 12.0. The molecule has 130 valence electrons. The van der Waals surface area contributed by atoms with Gasteiger partial charge in [-0.1, -0.05) is 30.3 Å². The summed E-state index contributed by atoms with van der Waals surface area (Å²) in [5, 5.41) is 3.96. The van der Waals surface area contributed by atoms with Crippen molar-refractivity contribution < 1.29 is 9.53 Å². The van der Waals surface area contributed by atoms with Crippen molar-refractivity contribution in [2.75, 3.05) is 0 Å². The highest BCUT2D eigenvalue weighted by atomic mass is 79.9. The Morgan fingerprint density at radius 3 is 2.62 bits per heavy atom. The van der Waals surface area contributed by atoms with Crippen molar-refractivity contribution >= 4 is 28.1 Å². The molecule has 0 aliphatic carbocycles. The number of benzene rings is 2. The molecule has 3 rings (SSSR count). The third-order valence-corrected chi connectivity index (χ3v) is 3.91. The Morgan fingerprint density at radius 2 is 1.88 bits per heavy atom. The monoisotopic (exact) mass is 409 g/mol. The molecule has 0 unspecified atom stereocenters. The van der Waals surface area contributed by atoms with Gasteiger partial charge in [0.25, 0.3) is 5.91 Å². The van der Waals surface area contributed by atoms with Crippen molar-refractivity contribution in [1.29, 1.82) is 0 Å². The highest BCUT2D eigenvalue weighted by Crippen LogP contribution is 2.13. The Balaban J connectivity index is 1.52. The fourth-order valence-electron chi connectivity index (χ4n) is 2.16. The zero-order valence-corrected chi connectivity index (χ0v) is 15.4. The molecule has 0 radical (unpaired) electrons. The zero-order valence-electron chi connectivity index (χ0n) is 13.8. The van der Waals surface area contributed by atoms with Gasteiger partial charge in [-0.3, -0.25) is 9.78 Å². The van der Waals surface area contributed by atoms with Gasteiger partial charge in [-0.15, -0.1) is 0 Å². The van der Waals surface area contributed by atoms with Crippen LogP contribution in [-0.2, 0) is 6.61 Å². The average molecular weight is 410 g/mol. The van der Waals surface area contributed by atoms with E-state index in [-0.39, 0.29) is 5.91 Å². The summed E-state index contributed by atoms with van der Waals surface area (Å²) < 4.78 is 6.47. The van der Waals surface area contributed by atoms with E-state index in [9.17, 15) is 4.79 Å². The number of halogens is 1. The van der Waals surface area contributed by atoms with Crippen LogP contribution in [0.1, 0.15) is 21.5 Å². The minimum Gasteiger partial charge on any atom is -0.489 e. The molecule has 0 fully saturated rings. The minimum atomic E-state index is -0.321. The van der Waals surface area contributed by atoms with Crippen molar-refractivity contribution in [2.45, 2.75) is 6.61 Å². The largest absolute Gasteiger partial charge is 0.489 e. The summed E-state index contributed by atoms with van der Waals surface area (Å²) in [6.45, 7) is 0.519. The van der Waals surface area contributed by atoms with Gasteiger partial charge < -0.3 is 4.74 Å². The number of nitrogens with one attached hydrogen (secondary N) is 1. The Labute approximate surface area is 159 Å². The molecule has 0 atom stereocenters. The lowest BCUT2D eigenvalue weighted by atomic mass is 10.2. The fraction of sp³-hybridized carbons (Fsp3) is 0.0500. The number of rotatable bonds is 6. The lowest BCUT2D eigenvalue weighted by molar-refractivity contribution is 0.0954. The van der Waals surface area contributed by atoms with E-state index in [0.717, 1.165) is 21.3 Å². The summed E-state index contributed by atoms with van der Waals surface area (Å²) >= 11 is 3.28. The van der Waals surface area contributed by atoms with Crippen molar-refractivity contribution in [3.05, 3.63) is 94.2 Å². The molecule has 0 saturated carbocycles. The molecule has 0 bridgehead atoms. The predicted octanol–water partition coefficient (Wildman–Crippen LogP) is 4.19. The molecule has 1 N–H and O–H groups in total. The quantitative estimate of drug-likeness (QED) is 0.490. The van der Waals surface area contributed by atoms with E-state index in [2.05, 4.69) is 31.4 Å². The van der Waals surface area contributed by atoms with E-state index in [1.54, 1.807) is 18.5 Å². The second kappa shape index (κ2) is 8.92. The van der Waals surface area contributed by atoms with E-state index < -0.39 is 0 Å². The van der Waals surface area contributed by atoms with Crippen molar-refractivity contribution in [3.63, 3.8) is 0 Å². The molecule has 1 amide bonds. The van der Waals surface area contributed by atoms with Gasteiger partial charge >= 0.3 is 0 Å². The summed E-state index contributed by atoms with van der Waals surface area (Å²) in [7, 11) is 0. The number of aromatic nitrogens is 1. The van der Waals surface area contributed by atoms with Gasteiger partial charge in [0, 0.05) is 16.9 Å². The van der Waals surface area contributed by atoms with Gasteiger partial charge in [0.2, 0.25) is 0 Å². The maximum atomic E-state index is 12.0. The lowest BCUT2D eigenvalue weighted by Gasteiger charge is -2.06. The third kappa shape index (κ3) is 5.26. The summed E-state index contributed by atoms with van der Waals surface area (Å²) in [6, 6.07) is 19.1. The van der Waals surface area contributed by atoms with Crippen molar-refractivity contribution in [3.8, 4) is 5.75 Å². The highest BCUT2D eigenvalue weighted by molar-refractivity contribution is 9.10. The van der Waals surface area contributed by atoms with Crippen LogP contribution in [-0.4, -0.2) is 17.1 Å². The first kappa shape index (κ1) is 17.8. The van der Waals surface area contributed by atoms with Gasteiger partial charge in [-0.05, 0) is 57.4 Å². The number of hydrazone groups is 1. The third-order valence-electron chi connectivity index (χ3n) is 3.48. The molecule has 0 saturated heterocycles. The second-order valence-corrected chi connectivity index (χ2v) is 6.35. The van der Waals surface area contributed by atoms with Crippen LogP contribution >= 0.6 is 15.9 Å². The normalized spacial score (nSPS) is 10.7. The van der Waals surface area contributed by atoms with Crippen LogP contribution in [0.4, 0.5) is 0 Å². The second-order valence-electron chi connectivity index (χ2n) is 5.43. The predicted molar refractivity (Wildman–Crippen MR) is 104 cm³/mol. The van der Waals surface area contributed by atoms with Crippen LogP contribution in [0.25, 0.3) is 0 Å². The summed E-state index contributed by atoms with van der Waals surface area (Å²) in [5.41, 5.74) is 4.87. The molecule has 5 nitrogen and oxygen atoms in total. The van der Waals surface area contributed by atoms with Crippen LogP contribution in [0.5, 0.6) is 5.75 Å². The summed E-state index contributed by atoms with van der Waals surface area (Å²) in [5.74, 6) is 0.452. The fourth-order valence-corrected chi connectivity index (χ4v) is 2.52. The number of amides is 1. The van der Waals surface area contributed by atoms with Gasteiger partial charge in [-0.25, -0.2) is 5.43 Å². The average Bonchev–Trinajstić information content (AvgIpc) is 2.68. The Bertz CT molecular complexity index is 896. The standard InChI is InChI=1S/C20H16BrN3O2/c21-18-10-17(12-22-13-18)20(25)24-23-11-15-6-8-19(9-7-15)26-14-16-4-2-1-3-5-16/h1-13H,14H2,(H,24,25). The van der Waals surface area contributed by atoms with Crippen LogP contribution in [0.15, 0.2) is 82.6 Å². The summed E-state index contributed by atoms with van der Waals surface area (Å²) in [4.78, 5) is 15.9. The molecule has 26 heavy (non-hydrogen) atoms. The van der Waals surface area contributed by atoms with Crippen molar-refractivity contribution in [2.24, 2.45) is 5.10 Å². The molecule has 6 heteroatoms.